The van der Waals surface area contributed by atoms with Gasteiger partial charge in [-0.25, -0.2) is 4.39 Å². The van der Waals surface area contributed by atoms with E-state index in [2.05, 4.69) is 17.6 Å². The molecule has 4 heteroatoms. The predicted octanol–water partition coefficient (Wildman–Crippen LogP) is 2.57. The van der Waals surface area contributed by atoms with Crippen molar-refractivity contribution in [2.75, 3.05) is 19.6 Å². The first-order chi connectivity index (χ1) is 7.74. The number of halogens is 2. The second-order valence-corrected chi connectivity index (χ2v) is 4.04. The molecule has 0 atom stereocenters. The van der Waals surface area contributed by atoms with E-state index in [1.165, 1.54) is 6.07 Å². The van der Waals surface area contributed by atoms with Crippen molar-refractivity contribution in [2.45, 2.75) is 19.9 Å². The van der Waals surface area contributed by atoms with Gasteiger partial charge in [0.25, 0.3) is 0 Å². The van der Waals surface area contributed by atoms with E-state index >= 15 is 0 Å². The first kappa shape index (κ1) is 13.4. The smallest absolute Gasteiger partial charge is 0.141 e. The van der Waals surface area contributed by atoms with E-state index in [-0.39, 0.29) is 10.8 Å². The summed E-state index contributed by atoms with van der Waals surface area (Å²) in [4.78, 5) is 0. The van der Waals surface area contributed by atoms with Crippen LogP contribution in [0.1, 0.15) is 18.9 Å². The molecular weight excluding hydrogens is 227 g/mol. The Morgan fingerprint density at radius 3 is 2.69 bits per heavy atom. The normalized spacial score (nSPS) is 10.7. The van der Waals surface area contributed by atoms with Gasteiger partial charge in [-0.3, -0.25) is 0 Å². The number of benzene rings is 1. The molecule has 0 saturated carbocycles. The molecule has 16 heavy (non-hydrogen) atoms. The van der Waals surface area contributed by atoms with Crippen molar-refractivity contribution >= 4 is 11.6 Å². The minimum atomic E-state index is -0.363. The highest BCUT2D eigenvalue weighted by Crippen LogP contribution is 2.15. The maximum absolute atomic E-state index is 12.9. The molecule has 1 aromatic rings. The fraction of sp³-hybridized carbons (Fsp3) is 0.500. The summed E-state index contributed by atoms with van der Waals surface area (Å²) in [6.07, 6.45) is 1.09. The molecule has 0 spiro atoms. The maximum Gasteiger partial charge on any atom is 0.141 e. The molecule has 0 saturated heterocycles. The summed E-state index contributed by atoms with van der Waals surface area (Å²) in [6.45, 7) is 5.79. The van der Waals surface area contributed by atoms with Gasteiger partial charge in [-0.2, -0.15) is 0 Å². The molecule has 0 amide bonds. The number of nitrogens with one attached hydrogen (secondary N) is 2. The van der Waals surface area contributed by atoms with Crippen molar-refractivity contribution < 1.29 is 4.39 Å². The minimum Gasteiger partial charge on any atom is -0.317 e. The molecule has 1 rings (SSSR count). The van der Waals surface area contributed by atoms with Gasteiger partial charge in [-0.1, -0.05) is 24.6 Å². The van der Waals surface area contributed by atoms with Crippen LogP contribution in [-0.4, -0.2) is 19.6 Å². The summed E-state index contributed by atoms with van der Waals surface area (Å²) >= 11 is 5.68. The van der Waals surface area contributed by atoms with E-state index in [0.717, 1.165) is 38.2 Å². The summed E-state index contributed by atoms with van der Waals surface area (Å²) in [5.74, 6) is -0.363. The lowest BCUT2D eigenvalue weighted by Crippen LogP contribution is -2.21. The van der Waals surface area contributed by atoms with Gasteiger partial charge in [0.1, 0.15) is 5.82 Å². The Morgan fingerprint density at radius 2 is 2.00 bits per heavy atom. The molecule has 0 unspecified atom stereocenters. The summed E-state index contributed by atoms with van der Waals surface area (Å²) in [6, 6.07) is 4.81. The van der Waals surface area contributed by atoms with Crippen LogP contribution in [0.2, 0.25) is 5.02 Å². The average molecular weight is 245 g/mol. The van der Waals surface area contributed by atoms with Gasteiger partial charge >= 0.3 is 0 Å². The zero-order valence-corrected chi connectivity index (χ0v) is 10.3. The molecule has 0 heterocycles. The Kier molecular flexibility index (Phi) is 6.38. The molecule has 2 N–H and O–H groups in total. The third kappa shape index (κ3) is 4.92. The fourth-order valence-electron chi connectivity index (χ4n) is 1.40. The van der Waals surface area contributed by atoms with Crippen molar-refractivity contribution in [3.63, 3.8) is 0 Å². The van der Waals surface area contributed by atoms with Crippen molar-refractivity contribution in [1.29, 1.82) is 0 Å². The molecule has 0 aliphatic rings. The fourth-order valence-corrected chi connectivity index (χ4v) is 1.60. The van der Waals surface area contributed by atoms with Crippen LogP contribution in [0, 0.1) is 5.82 Å². The molecule has 0 aromatic heterocycles. The molecule has 0 radical (unpaired) electrons. The van der Waals surface area contributed by atoms with Crippen LogP contribution in [0.15, 0.2) is 18.2 Å². The molecular formula is C12H18ClFN2. The van der Waals surface area contributed by atoms with E-state index in [9.17, 15) is 4.39 Å². The molecule has 0 aliphatic carbocycles. The third-order valence-electron chi connectivity index (χ3n) is 2.27. The summed E-state index contributed by atoms with van der Waals surface area (Å²) in [5.41, 5.74) is 1.01. The highest BCUT2D eigenvalue weighted by atomic mass is 35.5. The van der Waals surface area contributed by atoms with Crippen LogP contribution in [0.3, 0.4) is 0 Å². The summed E-state index contributed by atoms with van der Waals surface area (Å²) in [7, 11) is 0. The SMILES string of the molecule is CCNCCCNCc1ccc(F)c(Cl)c1. The second-order valence-electron chi connectivity index (χ2n) is 3.63. The standard InChI is InChI=1S/C12H18ClFN2/c1-2-15-6-3-7-16-9-10-4-5-12(14)11(13)8-10/h4-5,8,15-16H,2-3,6-7,9H2,1H3. The van der Waals surface area contributed by atoms with Crippen molar-refractivity contribution in [3.8, 4) is 0 Å². The van der Waals surface area contributed by atoms with E-state index in [1.807, 2.05) is 0 Å². The number of hydrogen-bond donors (Lipinski definition) is 2. The zero-order valence-electron chi connectivity index (χ0n) is 9.52. The molecule has 0 fully saturated rings. The van der Waals surface area contributed by atoms with Gasteiger partial charge < -0.3 is 10.6 Å². The summed E-state index contributed by atoms with van der Waals surface area (Å²) < 4.78 is 12.9. The largest absolute Gasteiger partial charge is 0.317 e. The predicted molar refractivity (Wildman–Crippen MR) is 66.3 cm³/mol. The first-order valence-electron chi connectivity index (χ1n) is 5.59. The van der Waals surface area contributed by atoms with Gasteiger partial charge in [-0.15, -0.1) is 0 Å². The van der Waals surface area contributed by atoms with Gasteiger partial charge in [0.2, 0.25) is 0 Å². The third-order valence-corrected chi connectivity index (χ3v) is 2.56. The topological polar surface area (TPSA) is 24.1 Å². The van der Waals surface area contributed by atoms with Gasteiger partial charge in [0, 0.05) is 6.54 Å². The zero-order chi connectivity index (χ0) is 11.8. The van der Waals surface area contributed by atoms with Crippen LogP contribution in [0.25, 0.3) is 0 Å². The Morgan fingerprint density at radius 1 is 1.25 bits per heavy atom. The van der Waals surface area contributed by atoms with E-state index in [4.69, 9.17) is 11.6 Å². The lowest BCUT2D eigenvalue weighted by molar-refractivity contribution is 0.603. The molecule has 0 bridgehead atoms. The first-order valence-corrected chi connectivity index (χ1v) is 5.97. The Bertz CT molecular complexity index is 318. The Labute approximate surface area is 101 Å². The van der Waals surface area contributed by atoms with E-state index < -0.39 is 0 Å². The lowest BCUT2D eigenvalue weighted by atomic mass is 10.2. The van der Waals surface area contributed by atoms with Gasteiger partial charge in [0.15, 0.2) is 0 Å². The highest BCUT2D eigenvalue weighted by Gasteiger charge is 2.00. The monoisotopic (exact) mass is 244 g/mol. The molecule has 90 valence electrons. The van der Waals surface area contributed by atoms with Gasteiger partial charge in [0.05, 0.1) is 5.02 Å². The molecule has 1 aromatic carbocycles. The highest BCUT2D eigenvalue weighted by molar-refractivity contribution is 6.30. The lowest BCUT2D eigenvalue weighted by Gasteiger charge is -2.06. The van der Waals surface area contributed by atoms with Crippen LogP contribution in [0.5, 0.6) is 0 Å². The van der Waals surface area contributed by atoms with Crippen LogP contribution in [0.4, 0.5) is 4.39 Å². The Balaban J connectivity index is 2.19. The van der Waals surface area contributed by atoms with E-state index in [0.29, 0.717) is 0 Å². The second kappa shape index (κ2) is 7.60. The molecule has 0 aliphatic heterocycles. The minimum absolute atomic E-state index is 0.187. The maximum atomic E-state index is 12.9. The quantitative estimate of drug-likeness (QED) is 0.721. The average Bonchev–Trinajstić information content (AvgIpc) is 2.28. The van der Waals surface area contributed by atoms with Crippen LogP contribution >= 0.6 is 11.6 Å². The van der Waals surface area contributed by atoms with E-state index in [1.54, 1.807) is 12.1 Å². The van der Waals surface area contributed by atoms with Crippen molar-refractivity contribution in [3.05, 3.63) is 34.6 Å². The van der Waals surface area contributed by atoms with Crippen LogP contribution < -0.4 is 10.6 Å². The molecule has 2 nitrogen and oxygen atoms in total. The van der Waals surface area contributed by atoms with Crippen molar-refractivity contribution in [2.24, 2.45) is 0 Å². The van der Waals surface area contributed by atoms with Crippen LogP contribution in [-0.2, 0) is 6.54 Å². The summed E-state index contributed by atoms with van der Waals surface area (Å²) in [5, 5.41) is 6.73. The van der Waals surface area contributed by atoms with Gasteiger partial charge in [-0.05, 0) is 43.8 Å². The Hall–Kier alpha value is -0.640. The van der Waals surface area contributed by atoms with Crippen molar-refractivity contribution in [1.82, 2.24) is 10.6 Å². The number of hydrogen-bond acceptors (Lipinski definition) is 2. The number of rotatable bonds is 7.